The Balaban J connectivity index is -0.000000267. The van der Waals surface area contributed by atoms with Gasteiger partial charge in [-0.05, 0) is 79.7 Å². The number of anilines is 1. The first-order valence-corrected chi connectivity index (χ1v) is 12.1. The molecule has 6 nitrogen and oxygen atoms in total. The molecule has 0 atom stereocenters. The van der Waals surface area contributed by atoms with Crippen molar-refractivity contribution in [1.29, 1.82) is 0 Å². The van der Waals surface area contributed by atoms with Crippen LogP contribution in [0.1, 0.15) is 89.5 Å². The molecule has 0 aliphatic carbocycles. The second kappa shape index (κ2) is 26.0. The van der Waals surface area contributed by atoms with Crippen LogP contribution in [0, 0.1) is 0 Å². The van der Waals surface area contributed by atoms with Gasteiger partial charge < -0.3 is 25.2 Å². The molecule has 6 heteroatoms. The summed E-state index contributed by atoms with van der Waals surface area (Å²) in [4.78, 5) is 13.5. The maximum atomic E-state index is 11.9. The molecule has 3 N–H and O–H groups in total. The van der Waals surface area contributed by atoms with Crippen LogP contribution in [0.5, 0.6) is 5.75 Å². The topological polar surface area (TPSA) is 85.0 Å². The van der Waals surface area contributed by atoms with Gasteiger partial charge >= 0.3 is 6.09 Å². The SMILES string of the molecule is C/C=C\C.CC.CC(C)O.CCC.CCN(CCOc1ccc(N)cc1)C(=O)OC(C)(C)C. The van der Waals surface area contributed by atoms with Crippen molar-refractivity contribution in [1.82, 2.24) is 4.90 Å². The number of allylic oxidation sites excluding steroid dienone is 2. The molecule has 1 aromatic rings. The molecule has 0 unspecified atom stereocenters. The first-order valence-electron chi connectivity index (χ1n) is 12.1. The summed E-state index contributed by atoms with van der Waals surface area (Å²) in [6, 6.07) is 7.17. The van der Waals surface area contributed by atoms with Gasteiger partial charge in [0.05, 0.1) is 6.54 Å². The third kappa shape index (κ3) is 34.6. The zero-order chi connectivity index (χ0) is 26.9. The number of benzene rings is 1. The third-order valence-electron chi connectivity index (χ3n) is 2.88. The number of amides is 1. The molecule has 0 aliphatic heterocycles. The van der Waals surface area contributed by atoms with Gasteiger partial charge in [-0.15, -0.1) is 0 Å². The maximum Gasteiger partial charge on any atom is 0.410 e. The molecule has 0 spiro atoms. The quantitative estimate of drug-likeness (QED) is 0.348. The van der Waals surface area contributed by atoms with Crippen molar-refractivity contribution >= 4 is 11.8 Å². The Hall–Kier alpha value is -2.21. The van der Waals surface area contributed by atoms with E-state index in [-0.39, 0.29) is 12.2 Å². The molecule has 0 heterocycles. The molecule has 1 amide bonds. The van der Waals surface area contributed by atoms with E-state index in [0.29, 0.717) is 25.4 Å². The summed E-state index contributed by atoms with van der Waals surface area (Å²) in [6.45, 7) is 24.6. The van der Waals surface area contributed by atoms with Crippen molar-refractivity contribution in [2.45, 2.75) is 101 Å². The van der Waals surface area contributed by atoms with Crippen LogP contribution in [-0.4, -0.2) is 47.5 Å². The predicted octanol–water partition coefficient (Wildman–Crippen LogP) is 7.32. The monoisotopic (exact) mass is 470 g/mol. The van der Waals surface area contributed by atoms with Crippen LogP contribution in [-0.2, 0) is 4.74 Å². The molecule has 0 aromatic heterocycles. The van der Waals surface area contributed by atoms with E-state index in [4.69, 9.17) is 20.3 Å². The standard InChI is InChI=1S/C15H24N2O3.C4H8.C3H8O.C3H8.C2H6/c1-5-17(14(18)20-15(2,3)4)10-11-19-13-8-6-12(16)7-9-13;1-3-4-2;1-3(2)4;1-3-2;1-2/h6-9H,5,10-11,16H2,1-4H3;2*3-4H,1-2H3;3H2,1-2H3;1-2H3/b;4-3-;;;. The molecule has 0 bridgehead atoms. The lowest BCUT2D eigenvalue weighted by atomic mass is 10.2. The van der Waals surface area contributed by atoms with E-state index in [9.17, 15) is 4.79 Å². The van der Waals surface area contributed by atoms with E-state index in [1.165, 1.54) is 6.42 Å². The van der Waals surface area contributed by atoms with Crippen molar-refractivity contribution in [3.05, 3.63) is 36.4 Å². The lowest BCUT2D eigenvalue weighted by Crippen LogP contribution is -2.38. The van der Waals surface area contributed by atoms with Crippen LogP contribution < -0.4 is 10.5 Å². The van der Waals surface area contributed by atoms with Crippen LogP contribution in [0.2, 0.25) is 0 Å². The van der Waals surface area contributed by atoms with Gasteiger partial charge in [0.1, 0.15) is 18.0 Å². The van der Waals surface area contributed by atoms with Gasteiger partial charge in [0.2, 0.25) is 0 Å². The summed E-state index contributed by atoms with van der Waals surface area (Å²) in [6.07, 6.45) is 4.76. The summed E-state index contributed by atoms with van der Waals surface area (Å²) < 4.78 is 10.9. The highest BCUT2D eigenvalue weighted by molar-refractivity contribution is 5.68. The van der Waals surface area contributed by atoms with E-state index >= 15 is 0 Å². The highest BCUT2D eigenvalue weighted by Gasteiger charge is 2.20. The number of likely N-dealkylation sites (N-methyl/N-ethyl adjacent to an activating group) is 1. The van der Waals surface area contributed by atoms with Gasteiger partial charge in [0, 0.05) is 18.3 Å². The molecular weight excluding hydrogens is 416 g/mol. The Morgan fingerprint density at radius 1 is 1.06 bits per heavy atom. The molecule has 0 saturated heterocycles. The average Bonchev–Trinajstić information content (AvgIpc) is 2.73. The second-order valence-electron chi connectivity index (χ2n) is 7.95. The number of aliphatic hydroxyl groups is 1. The van der Waals surface area contributed by atoms with Crippen LogP contribution in [0.3, 0.4) is 0 Å². The second-order valence-corrected chi connectivity index (χ2v) is 7.95. The number of rotatable bonds is 5. The fourth-order valence-electron chi connectivity index (χ4n) is 1.54. The summed E-state index contributed by atoms with van der Waals surface area (Å²) in [7, 11) is 0. The highest BCUT2D eigenvalue weighted by Crippen LogP contribution is 2.13. The predicted molar refractivity (Wildman–Crippen MR) is 145 cm³/mol. The zero-order valence-corrected chi connectivity index (χ0v) is 23.6. The van der Waals surface area contributed by atoms with Crippen molar-refractivity contribution < 1.29 is 19.4 Å². The largest absolute Gasteiger partial charge is 0.492 e. The third-order valence-corrected chi connectivity index (χ3v) is 2.88. The number of aliphatic hydroxyl groups excluding tert-OH is 1. The number of ether oxygens (including phenoxy) is 2. The Kier molecular flexibility index (Phi) is 30.0. The minimum Gasteiger partial charge on any atom is -0.492 e. The zero-order valence-electron chi connectivity index (χ0n) is 23.6. The molecule has 0 fully saturated rings. The summed E-state index contributed by atoms with van der Waals surface area (Å²) >= 11 is 0. The molecule has 1 aromatic carbocycles. The van der Waals surface area contributed by atoms with E-state index in [2.05, 4.69) is 13.8 Å². The van der Waals surface area contributed by atoms with Crippen molar-refractivity contribution in [3.63, 3.8) is 0 Å². The Morgan fingerprint density at radius 3 is 1.76 bits per heavy atom. The minimum absolute atomic E-state index is 0.167. The lowest BCUT2D eigenvalue weighted by molar-refractivity contribution is 0.0237. The first kappa shape index (κ1) is 38.1. The van der Waals surface area contributed by atoms with E-state index in [0.717, 1.165) is 5.75 Å². The summed E-state index contributed by atoms with van der Waals surface area (Å²) in [5.74, 6) is 0.736. The van der Waals surface area contributed by atoms with Gasteiger partial charge in [-0.25, -0.2) is 4.79 Å². The molecule has 0 saturated carbocycles. The number of nitrogens with two attached hydrogens (primary N) is 1. The summed E-state index contributed by atoms with van der Waals surface area (Å²) in [5, 5.41) is 8.06. The number of nitrogens with zero attached hydrogens (tertiary/aromatic N) is 1. The van der Waals surface area contributed by atoms with Crippen LogP contribution >= 0.6 is 0 Å². The van der Waals surface area contributed by atoms with Gasteiger partial charge in [0.25, 0.3) is 0 Å². The van der Waals surface area contributed by atoms with Crippen LogP contribution in [0.25, 0.3) is 0 Å². The Bertz CT molecular complexity index is 543. The van der Waals surface area contributed by atoms with Crippen LogP contribution in [0.4, 0.5) is 10.5 Å². The molecular formula is C27H54N2O4. The van der Waals surface area contributed by atoms with E-state index in [1.54, 1.807) is 43.0 Å². The number of hydrogen-bond donors (Lipinski definition) is 2. The molecule has 196 valence electrons. The number of carbonyl (C=O) groups excluding carboxylic acids is 1. The van der Waals surface area contributed by atoms with Crippen molar-refractivity contribution in [3.8, 4) is 5.75 Å². The minimum atomic E-state index is -0.484. The van der Waals surface area contributed by atoms with Crippen LogP contribution in [0.15, 0.2) is 36.4 Å². The van der Waals surface area contributed by atoms with Gasteiger partial charge in [0.15, 0.2) is 0 Å². The van der Waals surface area contributed by atoms with Gasteiger partial charge in [-0.3, -0.25) is 0 Å². The Morgan fingerprint density at radius 2 is 1.45 bits per heavy atom. The summed E-state index contributed by atoms with van der Waals surface area (Å²) in [5.41, 5.74) is 5.81. The van der Waals surface area contributed by atoms with Gasteiger partial charge in [-0.1, -0.05) is 46.3 Å². The molecule has 33 heavy (non-hydrogen) atoms. The van der Waals surface area contributed by atoms with Crippen molar-refractivity contribution in [2.24, 2.45) is 0 Å². The molecule has 0 aliphatic rings. The van der Waals surface area contributed by atoms with E-state index < -0.39 is 5.60 Å². The van der Waals surface area contributed by atoms with Gasteiger partial charge in [-0.2, -0.15) is 0 Å². The molecule has 0 radical (unpaired) electrons. The lowest BCUT2D eigenvalue weighted by Gasteiger charge is -2.26. The molecule has 1 rings (SSSR count). The average molecular weight is 471 g/mol. The smallest absolute Gasteiger partial charge is 0.410 e. The number of nitrogen functional groups attached to an aromatic ring is 1. The highest BCUT2D eigenvalue weighted by atomic mass is 16.6. The fourth-order valence-corrected chi connectivity index (χ4v) is 1.54. The number of hydrogen-bond acceptors (Lipinski definition) is 5. The Labute approximate surface area is 205 Å². The van der Waals surface area contributed by atoms with Crippen molar-refractivity contribution in [2.75, 3.05) is 25.4 Å². The fraction of sp³-hybridized carbons (Fsp3) is 0.667. The first-order chi connectivity index (χ1) is 15.4. The number of carbonyl (C=O) groups is 1. The normalized spacial score (nSPS) is 9.64. The van der Waals surface area contributed by atoms with E-state index in [1.807, 2.05) is 67.5 Å². The maximum absolute atomic E-state index is 11.9.